The molecule has 1 aromatic rings. The van der Waals surface area contributed by atoms with Gasteiger partial charge in [-0.2, -0.15) is 0 Å². The number of hydrogen-bond acceptors (Lipinski definition) is 3. The van der Waals surface area contributed by atoms with E-state index in [1.165, 1.54) is 0 Å². The average molecular weight is 322 g/mol. The first-order chi connectivity index (χ1) is 7.98. The molecule has 0 aliphatic heterocycles. The van der Waals surface area contributed by atoms with Crippen LogP contribution in [0.3, 0.4) is 0 Å². The van der Waals surface area contributed by atoms with Crippen molar-refractivity contribution in [2.45, 2.75) is 19.4 Å². The molecule has 0 aliphatic carbocycles. The smallest absolute Gasteiger partial charge is 0.221 e. The lowest BCUT2D eigenvalue weighted by Gasteiger charge is -2.15. The molecule has 1 aromatic carbocycles. The fourth-order valence-corrected chi connectivity index (χ4v) is 2.74. The monoisotopic (exact) mass is 321 g/mol. The van der Waals surface area contributed by atoms with Gasteiger partial charge < -0.3 is 4.74 Å². The summed E-state index contributed by atoms with van der Waals surface area (Å²) in [6.07, 6.45) is 0.593. The molecule has 0 aliphatic rings. The van der Waals surface area contributed by atoms with Gasteiger partial charge in [0.2, 0.25) is 10.0 Å². The lowest BCUT2D eigenvalue weighted by molar-refractivity contribution is 0.407. The number of hydrogen-bond donors (Lipinski definition) is 1. The molecule has 0 radical (unpaired) electrons. The topological polar surface area (TPSA) is 55.4 Å². The fraction of sp³-hybridized carbons (Fsp3) is 0.455. The Morgan fingerprint density at radius 1 is 1.41 bits per heavy atom. The summed E-state index contributed by atoms with van der Waals surface area (Å²) in [5, 5.41) is 0. The van der Waals surface area contributed by atoms with Crippen LogP contribution in [0.5, 0.6) is 5.75 Å². The van der Waals surface area contributed by atoms with Crippen LogP contribution in [0.4, 0.5) is 0 Å². The van der Waals surface area contributed by atoms with Crippen molar-refractivity contribution in [1.29, 1.82) is 0 Å². The van der Waals surface area contributed by atoms with Crippen LogP contribution in [-0.4, -0.2) is 26.2 Å². The largest absolute Gasteiger partial charge is 0.496 e. The van der Waals surface area contributed by atoms with Crippen LogP contribution in [-0.2, 0) is 16.4 Å². The molecule has 0 heterocycles. The van der Waals surface area contributed by atoms with E-state index in [4.69, 9.17) is 4.74 Å². The van der Waals surface area contributed by atoms with Gasteiger partial charge in [0.05, 0.1) is 7.11 Å². The van der Waals surface area contributed by atoms with Crippen molar-refractivity contribution < 1.29 is 13.2 Å². The summed E-state index contributed by atoms with van der Waals surface area (Å²) in [7, 11) is -1.63. The third-order valence-corrected chi connectivity index (χ3v) is 5.10. The molecule has 0 saturated heterocycles. The lowest BCUT2D eigenvalue weighted by Crippen LogP contribution is -2.34. The summed E-state index contributed by atoms with van der Waals surface area (Å²) < 4.78 is 30.4. The molecule has 17 heavy (non-hydrogen) atoms. The van der Waals surface area contributed by atoms with Crippen molar-refractivity contribution in [1.82, 2.24) is 4.72 Å². The van der Waals surface area contributed by atoms with Crippen molar-refractivity contribution in [3.05, 3.63) is 29.8 Å². The van der Waals surface area contributed by atoms with Crippen LogP contribution in [0.1, 0.15) is 12.5 Å². The highest BCUT2D eigenvalue weighted by molar-refractivity contribution is 9.10. The molecule has 1 N–H and O–H groups in total. The Morgan fingerprint density at radius 2 is 2.06 bits per heavy atom. The van der Waals surface area contributed by atoms with Gasteiger partial charge in [0.1, 0.15) is 10.4 Å². The third-order valence-electron chi connectivity index (χ3n) is 2.24. The highest BCUT2D eigenvalue weighted by atomic mass is 79.9. The molecule has 0 aromatic heterocycles. The van der Waals surface area contributed by atoms with E-state index < -0.39 is 10.0 Å². The SMILES string of the molecule is COc1ccccc1CC(C)NS(=O)(=O)CBr. The molecule has 0 amide bonds. The van der Waals surface area contributed by atoms with E-state index in [-0.39, 0.29) is 10.7 Å². The van der Waals surface area contributed by atoms with Gasteiger partial charge in [-0.05, 0) is 25.0 Å². The van der Waals surface area contributed by atoms with Crippen LogP contribution in [0, 0.1) is 0 Å². The number of alkyl halides is 1. The number of nitrogens with one attached hydrogen (secondary N) is 1. The first kappa shape index (κ1) is 14.5. The number of ether oxygens (including phenoxy) is 1. The molecule has 0 bridgehead atoms. The molecule has 1 rings (SSSR count). The molecule has 6 heteroatoms. The highest BCUT2D eigenvalue weighted by Gasteiger charge is 2.14. The van der Waals surface area contributed by atoms with Gasteiger partial charge in [0.15, 0.2) is 0 Å². The Morgan fingerprint density at radius 3 is 2.65 bits per heavy atom. The molecule has 96 valence electrons. The molecule has 0 saturated carbocycles. The Hall–Kier alpha value is -0.590. The number of rotatable bonds is 6. The number of benzene rings is 1. The Labute approximate surface area is 111 Å². The second kappa shape index (κ2) is 6.37. The standard InChI is InChI=1S/C11H16BrNO3S/c1-9(13-17(14,15)8-12)7-10-5-3-4-6-11(10)16-2/h3-6,9,13H,7-8H2,1-2H3. The molecular weight excluding hydrogens is 306 g/mol. The zero-order valence-electron chi connectivity index (χ0n) is 9.81. The lowest BCUT2D eigenvalue weighted by atomic mass is 10.1. The molecule has 1 unspecified atom stereocenters. The van der Waals surface area contributed by atoms with Crippen molar-refractivity contribution in [3.63, 3.8) is 0 Å². The van der Waals surface area contributed by atoms with E-state index >= 15 is 0 Å². The molecular formula is C11H16BrNO3S. The Kier molecular flexibility index (Phi) is 5.42. The summed E-state index contributed by atoms with van der Waals surface area (Å²) in [6, 6.07) is 7.41. The quantitative estimate of drug-likeness (QED) is 0.814. The zero-order valence-corrected chi connectivity index (χ0v) is 12.2. The van der Waals surface area contributed by atoms with E-state index in [2.05, 4.69) is 20.7 Å². The highest BCUT2D eigenvalue weighted by Crippen LogP contribution is 2.19. The molecule has 0 fully saturated rings. The molecule has 1 atom stereocenters. The maximum Gasteiger partial charge on any atom is 0.221 e. The van der Waals surface area contributed by atoms with Gasteiger partial charge >= 0.3 is 0 Å². The van der Waals surface area contributed by atoms with Crippen LogP contribution in [0.15, 0.2) is 24.3 Å². The number of sulfonamides is 1. The maximum atomic E-state index is 11.4. The summed E-state index contributed by atoms with van der Waals surface area (Å²) in [4.78, 5) is 0. The predicted molar refractivity (Wildman–Crippen MR) is 72.0 cm³/mol. The van der Waals surface area contributed by atoms with Gasteiger partial charge in [-0.3, -0.25) is 0 Å². The first-order valence-corrected chi connectivity index (χ1v) is 7.93. The van der Waals surface area contributed by atoms with Crippen LogP contribution < -0.4 is 9.46 Å². The van der Waals surface area contributed by atoms with E-state index in [1.54, 1.807) is 7.11 Å². The van der Waals surface area contributed by atoms with Crippen molar-refractivity contribution in [2.24, 2.45) is 0 Å². The third kappa shape index (κ3) is 4.65. The summed E-state index contributed by atoms with van der Waals surface area (Å²) in [5.74, 6) is 0.775. The van der Waals surface area contributed by atoms with Crippen LogP contribution >= 0.6 is 15.9 Å². The zero-order chi connectivity index (χ0) is 12.9. The number of para-hydroxylation sites is 1. The van der Waals surface area contributed by atoms with Crippen molar-refractivity contribution in [3.8, 4) is 5.75 Å². The Bertz CT molecular complexity index is 462. The number of methoxy groups -OCH3 is 1. The second-order valence-electron chi connectivity index (χ2n) is 3.76. The average Bonchev–Trinajstić information content (AvgIpc) is 2.29. The number of halogens is 1. The van der Waals surface area contributed by atoms with E-state index in [0.717, 1.165) is 11.3 Å². The van der Waals surface area contributed by atoms with E-state index in [9.17, 15) is 8.42 Å². The van der Waals surface area contributed by atoms with Crippen LogP contribution in [0.25, 0.3) is 0 Å². The van der Waals surface area contributed by atoms with Gasteiger partial charge in [0, 0.05) is 6.04 Å². The summed E-state index contributed by atoms with van der Waals surface area (Å²) in [6.45, 7) is 1.83. The van der Waals surface area contributed by atoms with Gasteiger partial charge in [-0.15, -0.1) is 0 Å². The van der Waals surface area contributed by atoms with E-state index in [1.807, 2.05) is 31.2 Å². The maximum absolute atomic E-state index is 11.4. The van der Waals surface area contributed by atoms with Gasteiger partial charge in [0.25, 0.3) is 0 Å². The van der Waals surface area contributed by atoms with Gasteiger partial charge in [-0.1, -0.05) is 34.1 Å². The first-order valence-electron chi connectivity index (χ1n) is 5.16. The summed E-state index contributed by atoms with van der Waals surface area (Å²) in [5.41, 5.74) is 0.986. The molecule has 0 spiro atoms. The summed E-state index contributed by atoms with van der Waals surface area (Å²) >= 11 is 2.94. The normalized spacial score (nSPS) is 13.4. The second-order valence-corrected chi connectivity index (χ2v) is 6.82. The van der Waals surface area contributed by atoms with Crippen LogP contribution in [0.2, 0.25) is 0 Å². The minimum absolute atomic E-state index is 0.0870. The van der Waals surface area contributed by atoms with Gasteiger partial charge in [-0.25, -0.2) is 13.1 Å². The van der Waals surface area contributed by atoms with Crippen molar-refractivity contribution >= 4 is 26.0 Å². The predicted octanol–water partition coefficient (Wildman–Crippen LogP) is 1.90. The van der Waals surface area contributed by atoms with E-state index in [0.29, 0.717) is 6.42 Å². The minimum Gasteiger partial charge on any atom is -0.496 e. The van der Waals surface area contributed by atoms with Crippen molar-refractivity contribution in [2.75, 3.05) is 11.8 Å². The fourth-order valence-electron chi connectivity index (χ4n) is 1.58. The Balaban J connectivity index is 2.71. The minimum atomic E-state index is -3.23. The molecule has 4 nitrogen and oxygen atoms in total.